The van der Waals surface area contributed by atoms with Gasteiger partial charge in [0.1, 0.15) is 12.0 Å². The van der Waals surface area contributed by atoms with E-state index in [0.29, 0.717) is 0 Å². The van der Waals surface area contributed by atoms with Gasteiger partial charge in [-0.05, 0) is 0 Å². The molecule has 0 saturated carbocycles. The molecule has 0 aliphatic rings. The number of imidazole rings is 1. The van der Waals surface area contributed by atoms with E-state index in [1.54, 1.807) is 0 Å². The van der Waals surface area contributed by atoms with Crippen LogP contribution in [-0.2, 0) is 17.1 Å². The van der Waals surface area contributed by atoms with E-state index in [1.165, 1.54) is 17.9 Å². The minimum absolute atomic E-state index is 0.119. The molecule has 102 valence electrons. The van der Waals surface area contributed by atoms with Gasteiger partial charge in [-0.1, -0.05) is 23.2 Å². The number of anilines is 2. The zero-order chi connectivity index (χ0) is 14.2. The SMILES string of the molecule is Cn1cnc(N)c1S(=O)(=O)Nc1c(Cl)ncnc1Cl. The molecule has 0 spiro atoms. The van der Waals surface area contributed by atoms with Gasteiger partial charge in [0.2, 0.25) is 0 Å². The number of hydrogen-bond donors (Lipinski definition) is 2. The smallest absolute Gasteiger partial charge is 0.281 e. The topological polar surface area (TPSA) is 116 Å². The molecular formula is C8H8Cl2N6O2S. The first-order chi connectivity index (χ1) is 8.83. The summed E-state index contributed by atoms with van der Waals surface area (Å²) in [6, 6.07) is 0. The minimum atomic E-state index is -4.00. The van der Waals surface area contributed by atoms with E-state index in [1.807, 2.05) is 0 Å². The number of halogens is 2. The maximum atomic E-state index is 12.2. The van der Waals surface area contributed by atoms with E-state index in [0.717, 1.165) is 6.33 Å². The fourth-order valence-corrected chi connectivity index (χ4v) is 3.21. The van der Waals surface area contributed by atoms with Crippen LogP contribution in [-0.4, -0.2) is 27.9 Å². The molecule has 0 aliphatic heterocycles. The van der Waals surface area contributed by atoms with Crippen LogP contribution < -0.4 is 10.5 Å². The van der Waals surface area contributed by atoms with Crippen LogP contribution >= 0.6 is 23.2 Å². The number of sulfonamides is 1. The summed E-state index contributed by atoms with van der Waals surface area (Å²) in [5.41, 5.74) is 5.39. The number of nitrogen functional groups attached to an aromatic ring is 1. The van der Waals surface area contributed by atoms with Crippen molar-refractivity contribution >= 4 is 44.7 Å². The van der Waals surface area contributed by atoms with Crippen LogP contribution in [0.25, 0.3) is 0 Å². The molecule has 11 heteroatoms. The summed E-state index contributed by atoms with van der Waals surface area (Å²) < 4.78 is 27.8. The Hall–Kier alpha value is -1.58. The maximum absolute atomic E-state index is 12.2. The van der Waals surface area contributed by atoms with Gasteiger partial charge in [-0.3, -0.25) is 4.72 Å². The summed E-state index contributed by atoms with van der Waals surface area (Å²) in [7, 11) is -2.51. The van der Waals surface area contributed by atoms with Gasteiger partial charge in [0.25, 0.3) is 10.0 Å². The minimum Gasteiger partial charge on any atom is -0.381 e. The number of nitrogens with zero attached hydrogens (tertiary/aromatic N) is 4. The van der Waals surface area contributed by atoms with Crippen LogP contribution in [0.15, 0.2) is 17.7 Å². The second kappa shape index (κ2) is 4.83. The van der Waals surface area contributed by atoms with Gasteiger partial charge in [-0.15, -0.1) is 0 Å². The molecule has 0 aliphatic carbocycles. The molecule has 0 aromatic carbocycles. The summed E-state index contributed by atoms with van der Waals surface area (Å²) in [6.45, 7) is 0. The van der Waals surface area contributed by atoms with Gasteiger partial charge in [-0.2, -0.15) is 8.42 Å². The summed E-state index contributed by atoms with van der Waals surface area (Å²) in [4.78, 5) is 11.0. The largest absolute Gasteiger partial charge is 0.381 e. The monoisotopic (exact) mass is 322 g/mol. The van der Waals surface area contributed by atoms with Gasteiger partial charge < -0.3 is 10.3 Å². The van der Waals surface area contributed by atoms with Gasteiger partial charge in [0.15, 0.2) is 21.2 Å². The summed E-state index contributed by atoms with van der Waals surface area (Å²) >= 11 is 11.5. The van der Waals surface area contributed by atoms with Crippen molar-refractivity contribution in [1.29, 1.82) is 0 Å². The molecule has 0 radical (unpaired) electrons. The predicted molar refractivity (Wildman–Crippen MR) is 70.5 cm³/mol. The fourth-order valence-electron chi connectivity index (χ4n) is 1.38. The summed E-state index contributed by atoms with van der Waals surface area (Å²) in [6.07, 6.45) is 2.38. The fraction of sp³-hybridized carbons (Fsp3) is 0.125. The Labute approximate surface area is 118 Å². The first-order valence-electron chi connectivity index (χ1n) is 4.78. The highest BCUT2D eigenvalue weighted by atomic mass is 35.5. The van der Waals surface area contributed by atoms with E-state index in [-0.39, 0.29) is 26.8 Å². The van der Waals surface area contributed by atoms with Crippen molar-refractivity contribution in [2.45, 2.75) is 5.03 Å². The van der Waals surface area contributed by atoms with Gasteiger partial charge in [0.05, 0.1) is 6.33 Å². The number of aromatic nitrogens is 4. The van der Waals surface area contributed by atoms with E-state index >= 15 is 0 Å². The number of aryl methyl sites for hydroxylation is 1. The van der Waals surface area contributed by atoms with Gasteiger partial charge in [0, 0.05) is 7.05 Å². The van der Waals surface area contributed by atoms with Crippen molar-refractivity contribution in [3.8, 4) is 0 Å². The lowest BCUT2D eigenvalue weighted by molar-refractivity contribution is 0.592. The van der Waals surface area contributed by atoms with Crippen LogP contribution in [0.5, 0.6) is 0 Å². The van der Waals surface area contributed by atoms with Crippen LogP contribution in [0.4, 0.5) is 11.5 Å². The summed E-state index contributed by atoms with van der Waals surface area (Å²) in [5, 5.41) is -0.447. The van der Waals surface area contributed by atoms with E-state index < -0.39 is 10.0 Å². The zero-order valence-electron chi connectivity index (χ0n) is 9.50. The molecule has 0 atom stereocenters. The van der Waals surface area contributed by atoms with Crippen molar-refractivity contribution in [2.75, 3.05) is 10.5 Å². The van der Waals surface area contributed by atoms with Crippen molar-refractivity contribution < 1.29 is 8.42 Å². The highest BCUT2D eigenvalue weighted by Crippen LogP contribution is 2.29. The molecule has 0 fully saturated rings. The first kappa shape index (κ1) is 13.8. The molecule has 2 aromatic rings. The second-order valence-corrected chi connectivity index (χ2v) is 5.80. The van der Waals surface area contributed by atoms with Gasteiger partial charge in [-0.25, -0.2) is 15.0 Å². The standard InChI is InChI=1S/C8H8Cl2N6O2S/c1-16-3-14-7(11)8(16)19(17,18)15-4-5(9)12-2-13-6(4)10/h2-3,15H,11H2,1H3. The van der Waals surface area contributed by atoms with Crippen molar-refractivity contribution in [3.63, 3.8) is 0 Å². The lowest BCUT2D eigenvalue weighted by Gasteiger charge is -2.10. The summed E-state index contributed by atoms with van der Waals surface area (Å²) in [5.74, 6) is -0.140. The van der Waals surface area contributed by atoms with Crippen LogP contribution in [0.1, 0.15) is 0 Å². The van der Waals surface area contributed by atoms with E-state index in [9.17, 15) is 8.42 Å². The molecule has 2 heterocycles. The number of nitrogens with two attached hydrogens (primary N) is 1. The van der Waals surface area contributed by atoms with Crippen LogP contribution in [0, 0.1) is 0 Å². The highest BCUT2D eigenvalue weighted by molar-refractivity contribution is 7.92. The third-order valence-electron chi connectivity index (χ3n) is 2.16. The Kier molecular flexibility index (Phi) is 3.52. The lowest BCUT2D eigenvalue weighted by Crippen LogP contribution is -2.18. The molecule has 3 N–H and O–H groups in total. The Morgan fingerprint density at radius 3 is 2.32 bits per heavy atom. The lowest BCUT2D eigenvalue weighted by atomic mass is 10.6. The zero-order valence-corrected chi connectivity index (χ0v) is 11.8. The number of nitrogens with one attached hydrogen (secondary N) is 1. The normalized spacial score (nSPS) is 11.5. The van der Waals surface area contributed by atoms with Crippen molar-refractivity contribution in [3.05, 3.63) is 23.0 Å². The third kappa shape index (κ3) is 2.57. The quantitative estimate of drug-likeness (QED) is 0.811. The Morgan fingerprint density at radius 2 is 1.84 bits per heavy atom. The molecule has 19 heavy (non-hydrogen) atoms. The Morgan fingerprint density at radius 1 is 1.26 bits per heavy atom. The number of rotatable bonds is 3. The highest BCUT2D eigenvalue weighted by Gasteiger charge is 2.25. The third-order valence-corrected chi connectivity index (χ3v) is 4.21. The molecule has 8 nitrogen and oxygen atoms in total. The van der Waals surface area contributed by atoms with Crippen molar-refractivity contribution in [1.82, 2.24) is 19.5 Å². The van der Waals surface area contributed by atoms with Crippen molar-refractivity contribution in [2.24, 2.45) is 7.05 Å². The number of hydrogen-bond acceptors (Lipinski definition) is 6. The van der Waals surface area contributed by atoms with E-state index in [4.69, 9.17) is 28.9 Å². The van der Waals surface area contributed by atoms with E-state index in [2.05, 4.69) is 19.7 Å². The van der Waals surface area contributed by atoms with Gasteiger partial charge >= 0.3 is 0 Å². The molecule has 0 unspecified atom stereocenters. The molecule has 2 aromatic heterocycles. The second-order valence-electron chi connectivity index (χ2n) is 3.48. The average molecular weight is 323 g/mol. The predicted octanol–water partition coefficient (Wildman–Crippen LogP) is 0.900. The Bertz CT molecular complexity index is 689. The van der Waals surface area contributed by atoms with Crippen LogP contribution in [0.3, 0.4) is 0 Å². The average Bonchev–Trinajstić information content (AvgIpc) is 2.64. The van der Waals surface area contributed by atoms with Crippen LogP contribution in [0.2, 0.25) is 10.3 Å². The molecular weight excluding hydrogens is 315 g/mol. The Balaban J connectivity index is 2.49. The molecule has 2 rings (SSSR count). The molecule has 0 saturated heterocycles. The molecule has 0 bridgehead atoms. The maximum Gasteiger partial charge on any atom is 0.281 e. The molecule has 0 amide bonds. The first-order valence-corrected chi connectivity index (χ1v) is 7.02.